The highest BCUT2D eigenvalue weighted by molar-refractivity contribution is 5.76. The molecule has 1 unspecified atom stereocenters. The number of carbonyl (C=O) groups excluding carboxylic acids is 1. The molecular formula is C17H28N4O2. The van der Waals surface area contributed by atoms with Crippen LogP contribution in [0, 0.1) is 6.92 Å². The Labute approximate surface area is 138 Å². The van der Waals surface area contributed by atoms with Crippen molar-refractivity contribution in [3.8, 4) is 0 Å². The molecule has 0 aromatic carbocycles. The van der Waals surface area contributed by atoms with E-state index >= 15 is 0 Å². The van der Waals surface area contributed by atoms with Gasteiger partial charge in [-0.05, 0) is 59.7 Å². The zero-order chi connectivity index (χ0) is 17.0. The van der Waals surface area contributed by atoms with Crippen LogP contribution in [0.25, 0.3) is 0 Å². The van der Waals surface area contributed by atoms with E-state index in [2.05, 4.69) is 27.2 Å². The van der Waals surface area contributed by atoms with Gasteiger partial charge in [0.15, 0.2) is 0 Å². The number of nitrogens with one attached hydrogen (secondary N) is 1. The van der Waals surface area contributed by atoms with Crippen molar-refractivity contribution in [1.82, 2.24) is 20.2 Å². The number of aromatic nitrogens is 2. The number of hydrogen-bond acceptors (Lipinski definition) is 5. The van der Waals surface area contributed by atoms with Crippen molar-refractivity contribution in [2.24, 2.45) is 0 Å². The molecule has 1 aliphatic rings. The number of likely N-dealkylation sites (tertiary alicyclic amines) is 1. The number of aliphatic hydroxyl groups is 1. The van der Waals surface area contributed by atoms with E-state index in [1.165, 1.54) is 6.42 Å². The lowest BCUT2D eigenvalue weighted by Crippen LogP contribution is -2.46. The lowest BCUT2D eigenvalue weighted by molar-refractivity contribution is -0.123. The Hall–Kier alpha value is -1.53. The summed E-state index contributed by atoms with van der Waals surface area (Å²) in [4.78, 5) is 23.5. The molecule has 6 heteroatoms. The molecule has 1 atom stereocenters. The Balaban J connectivity index is 2.00. The van der Waals surface area contributed by atoms with Crippen LogP contribution in [-0.2, 0) is 11.2 Å². The first kappa shape index (κ1) is 17.8. The highest BCUT2D eigenvalue weighted by Gasteiger charge is 2.25. The molecule has 2 rings (SSSR count). The molecule has 2 N–H and O–H groups in total. The van der Waals surface area contributed by atoms with Crippen molar-refractivity contribution < 1.29 is 9.90 Å². The van der Waals surface area contributed by atoms with Crippen LogP contribution in [-0.4, -0.2) is 51.6 Å². The molecule has 0 aliphatic carbocycles. The highest BCUT2D eigenvalue weighted by atomic mass is 16.3. The lowest BCUT2D eigenvalue weighted by atomic mass is 10.1. The SMILES string of the molecule is Cc1cc(CCC(=O)NC(C)(C)CO)nc(C2CCCN2C)n1. The fourth-order valence-electron chi connectivity index (χ4n) is 2.89. The Kier molecular flexibility index (Phi) is 5.70. The standard InChI is InChI=1S/C17H28N4O2/c1-12-10-13(7-8-15(23)20-17(2,3)11-22)19-16(18-12)14-6-5-9-21(14)4/h10,14,22H,5-9,11H2,1-4H3,(H,20,23). The summed E-state index contributed by atoms with van der Waals surface area (Å²) in [5, 5.41) is 12.0. The van der Waals surface area contributed by atoms with Crippen LogP contribution in [0.2, 0.25) is 0 Å². The third kappa shape index (κ3) is 4.97. The smallest absolute Gasteiger partial charge is 0.220 e. The normalized spacial score (nSPS) is 19.1. The maximum absolute atomic E-state index is 12.0. The van der Waals surface area contributed by atoms with Crippen molar-refractivity contribution in [3.05, 3.63) is 23.3 Å². The summed E-state index contributed by atoms with van der Waals surface area (Å²) in [6, 6.07) is 2.24. The Morgan fingerprint density at radius 2 is 2.22 bits per heavy atom. The number of hydrogen-bond donors (Lipinski definition) is 2. The average Bonchev–Trinajstić information content (AvgIpc) is 2.90. The van der Waals surface area contributed by atoms with E-state index in [0.717, 1.165) is 30.2 Å². The average molecular weight is 320 g/mol. The Bertz CT molecular complexity index is 560. The molecule has 1 aliphatic heterocycles. The van der Waals surface area contributed by atoms with Gasteiger partial charge in [-0.2, -0.15) is 0 Å². The van der Waals surface area contributed by atoms with Gasteiger partial charge in [0.05, 0.1) is 18.2 Å². The van der Waals surface area contributed by atoms with E-state index in [1.807, 2.05) is 13.0 Å². The largest absolute Gasteiger partial charge is 0.394 e. The second kappa shape index (κ2) is 7.36. The fourth-order valence-corrected chi connectivity index (χ4v) is 2.89. The van der Waals surface area contributed by atoms with Crippen LogP contribution in [0.1, 0.15) is 56.4 Å². The third-order valence-corrected chi connectivity index (χ3v) is 4.22. The number of nitrogens with zero attached hydrogens (tertiary/aromatic N) is 3. The van der Waals surface area contributed by atoms with Gasteiger partial charge in [0, 0.05) is 17.8 Å². The number of rotatable bonds is 6. The van der Waals surface area contributed by atoms with Crippen molar-refractivity contribution in [2.75, 3.05) is 20.2 Å². The van der Waals surface area contributed by atoms with E-state index in [0.29, 0.717) is 12.8 Å². The second-order valence-electron chi connectivity index (χ2n) is 7.09. The van der Waals surface area contributed by atoms with Crippen LogP contribution in [0.4, 0.5) is 0 Å². The van der Waals surface area contributed by atoms with Crippen molar-refractivity contribution in [2.45, 2.75) is 58.0 Å². The first-order valence-corrected chi connectivity index (χ1v) is 8.27. The molecule has 6 nitrogen and oxygen atoms in total. The van der Waals surface area contributed by atoms with E-state index in [-0.39, 0.29) is 18.6 Å². The van der Waals surface area contributed by atoms with Gasteiger partial charge in [-0.25, -0.2) is 9.97 Å². The van der Waals surface area contributed by atoms with Gasteiger partial charge in [0.25, 0.3) is 0 Å². The van der Waals surface area contributed by atoms with Crippen molar-refractivity contribution in [1.29, 1.82) is 0 Å². The lowest BCUT2D eigenvalue weighted by Gasteiger charge is -2.23. The first-order valence-electron chi connectivity index (χ1n) is 8.27. The predicted octanol–water partition coefficient (Wildman–Crippen LogP) is 1.37. The number of amides is 1. The summed E-state index contributed by atoms with van der Waals surface area (Å²) in [5.41, 5.74) is 1.27. The van der Waals surface area contributed by atoms with Crippen molar-refractivity contribution >= 4 is 5.91 Å². The molecular weight excluding hydrogens is 292 g/mol. The van der Waals surface area contributed by atoms with Crippen LogP contribution < -0.4 is 5.32 Å². The van der Waals surface area contributed by atoms with Crippen LogP contribution in [0.5, 0.6) is 0 Å². The molecule has 23 heavy (non-hydrogen) atoms. The molecule has 1 fully saturated rings. The van der Waals surface area contributed by atoms with Gasteiger partial charge >= 0.3 is 0 Å². The highest BCUT2D eigenvalue weighted by Crippen LogP contribution is 2.28. The van der Waals surface area contributed by atoms with Gasteiger partial charge in [0.1, 0.15) is 5.82 Å². The van der Waals surface area contributed by atoms with Gasteiger partial charge in [-0.1, -0.05) is 0 Å². The minimum atomic E-state index is -0.587. The van der Waals surface area contributed by atoms with Gasteiger partial charge in [-0.3, -0.25) is 9.69 Å². The summed E-state index contributed by atoms with van der Waals surface area (Å²) in [5.74, 6) is 0.802. The predicted molar refractivity (Wildman–Crippen MR) is 89.0 cm³/mol. The van der Waals surface area contributed by atoms with Crippen LogP contribution in [0.3, 0.4) is 0 Å². The molecule has 0 spiro atoms. The topological polar surface area (TPSA) is 78.3 Å². The minimum absolute atomic E-state index is 0.0696. The summed E-state index contributed by atoms with van der Waals surface area (Å²) in [6.45, 7) is 6.57. The molecule has 1 saturated heterocycles. The zero-order valence-electron chi connectivity index (χ0n) is 14.6. The third-order valence-electron chi connectivity index (χ3n) is 4.22. The molecule has 1 aromatic heterocycles. The summed E-state index contributed by atoms with van der Waals surface area (Å²) >= 11 is 0. The molecule has 1 aromatic rings. The Morgan fingerprint density at radius 1 is 1.48 bits per heavy atom. The monoisotopic (exact) mass is 320 g/mol. The first-order chi connectivity index (χ1) is 10.8. The van der Waals surface area contributed by atoms with E-state index in [4.69, 9.17) is 0 Å². The minimum Gasteiger partial charge on any atom is -0.394 e. The van der Waals surface area contributed by atoms with Gasteiger partial charge in [-0.15, -0.1) is 0 Å². The summed E-state index contributed by atoms with van der Waals surface area (Å²) in [6.07, 6.45) is 3.21. The molecule has 1 amide bonds. The van der Waals surface area contributed by atoms with E-state index in [9.17, 15) is 9.90 Å². The summed E-state index contributed by atoms with van der Waals surface area (Å²) < 4.78 is 0. The zero-order valence-corrected chi connectivity index (χ0v) is 14.6. The van der Waals surface area contributed by atoms with Gasteiger partial charge in [0.2, 0.25) is 5.91 Å². The quantitative estimate of drug-likeness (QED) is 0.828. The summed E-state index contributed by atoms with van der Waals surface area (Å²) in [7, 11) is 2.10. The molecule has 128 valence electrons. The van der Waals surface area contributed by atoms with Crippen molar-refractivity contribution in [3.63, 3.8) is 0 Å². The van der Waals surface area contributed by atoms with Crippen LogP contribution in [0.15, 0.2) is 6.07 Å². The molecule has 2 heterocycles. The van der Waals surface area contributed by atoms with E-state index in [1.54, 1.807) is 13.8 Å². The van der Waals surface area contributed by atoms with Crippen LogP contribution >= 0.6 is 0 Å². The maximum atomic E-state index is 12.0. The molecule has 0 bridgehead atoms. The number of aryl methyl sites for hydroxylation is 2. The second-order valence-corrected chi connectivity index (χ2v) is 7.09. The molecule has 0 radical (unpaired) electrons. The number of aliphatic hydroxyl groups excluding tert-OH is 1. The Morgan fingerprint density at radius 3 is 2.83 bits per heavy atom. The molecule has 0 saturated carbocycles. The number of carbonyl (C=O) groups is 1. The van der Waals surface area contributed by atoms with Gasteiger partial charge < -0.3 is 10.4 Å². The van der Waals surface area contributed by atoms with E-state index < -0.39 is 5.54 Å². The maximum Gasteiger partial charge on any atom is 0.220 e. The fraction of sp³-hybridized carbons (Fsp3) is 0.706.